The summed E-state index contributed by atoms with van der Waals surface area (Å²) in [6.45, 7) is 5.56. The number of hydrogen-bond acceptors (Lipinski definition) is 8. The number of methoxy groups -OCH3 is 2. The van der Waals surface area contributed by atoms with Gasteiger partial charge in [0, 0.05) is 18.3 Å². The average Bonchev–Trinajstić information content (AvgIpc) is 3.50. The van der Waals surface area contributed by atoms with Gasteiger partial charge in [-0.3, -0.25) is 9.69 Å². The molecular weight excluding hydrogens is 492 g/mol. The van der Waals surface area contributed by atoms with Crippen LogP contribution in [0.1, 0.15) is 47.1 Å². The van der Waals surface area contributed by atoms with Crippen molar-refractivity contribution in [2.24, 2.45) is 0 Å². The average molecular weight is 523 g/mol. The molecular formula is C28H30N2O8. The summed E-state index contributed by atoms with van der Waals surface area (Å²) < 4.78 is 23.1. The number of carbonyl (C=O) groups excluding carboxylic acids is 4. The standard InChI is InChI=1S/C28H30N2O8/c1-28(2,3)38-27(34)30-21(24(30)26(33)36-5)14-29-13-19(15-31)23-20(29)11-18(25(32)35-4)12-22(23)37-16-17-9-7-6-8-10-17/h6-13,15,21,24H,14,16H2,1-5H3/t21-,24+,30?/m0/s1. The van der Waals surface area contributed by atoms with Crippen molar-refractivity contribution in [2.45, 2.75) is 51.6 Å². The monoisotopic (exact) mass is 522 g/mol. The normalized spacial score (nSPS) is 16.6. The molecule has 38 heavy (non-hydrogen) atoms. The van der Waals surface area contributed by atoms with Crippen LogP contribution in [0.15, 0.2) is 48.7 Å². The minimum atomic E-state index is -0.843. The first-order valence-electron chi connectivity index (χ1n) is 12.0. The van der Waals surface area contributed by atoms with E-state index >= 15 is 0 Å². The fourth-order valence-corrected chi connectivity index (χ4v) is 4.37. The van der Waals surface area contributed by atoms with Gasteiger partial charge in [0.05, 0.1) is 36.7 Å². The van der Waals surface area contributed by atoms with E-state index in [1.165, 1.54) is 25.2 Å². The van der Waals surface area contributed by atoms with Gasteiger partial charge < -0.3 is 23.5 Å². The summed E-state index contributed by atoms with van der Waals surface area (Å²) >= 11 is 0. The minimum absolute atomic E-state index is 0.145. The molecule has 0 aliphatic carbocycles. The van der Waals surface area contributed by atoms with Gasteiger partial charge in [-0.15, -0.1) is 0 Å². The Kier molecular flexibility index (Phi) is 7.43. The molecule has 0 N–H and O–H groups in total. The first kappa shape index (κ1) is 26.7. The Balaban J connectivity index is 1.73. The topological polar surface area (TPSA) is 113 Å². The van der Waals surface area contributed by atoms with E-state index < -0.39 is 35.7 Å². The molecule has 1 amide bonds. The van der Waals surface area contributed by atoms with Crippen molar-refractivity contribution in [3.8, 4) is 5.75 Å². The molecule has 0 unspecified atom stereocenters. The first-order chi connectivity index (χ1) is 18.1. The predicted molar refractivity (Wildman–Crippen MR) is 137 cm³/mol. The number of aromatic nitrogens is 1. The van der Waals surface area contributed by atoms with Crippen molar-refractivity contribution >= 4 is 35.2 Å². The lowest BCUT2D eigenvalue weighted by atomic mass is 10.1. The number of carbonyl (C=O) groups is 4. The molecule has 1 aliphatic heterocycles. The maximum absolute atomic E-state index is 12.8. The summed E-state index contributed by atoms with van der Waals surface area (Å²) in [5.74, 6) is -0.821. The second-order valence-electron chi connectivity index (χ2n) is 9.91. The third-order valence-electron chi connectivity index (χ3n) is 6.12. The number of aldehydes is 1. The molecule has 10 nitrogen and oxygen atoms in total. The lowest BCUT2D eigenvalue weighted by Gasteiger charge is -2.20. The summed E-state index contributed by atoms with van der Waals surface area (Å²) in [6.07, 6.45) is 1.66. The molecule has 3 aromatic rings. The van der Waals surface area contributed by atoms with Gasteiger partial charge in [-0.1, -0.05) is 30.3 Å². The molecule has 0 radical (unpaired) electrons. The Labute approximate surface area is 220 Å². The molecule has 1 fully saturated rings. The number of hydrogen-bond donors (Lipinski definition) is 0. The van der Waals surface area contributed by atoms with Gasteiger partial charge in [-0.2, -0.15) is 0 Å². The van der Waals surface area contributed by atoms with Crippen molar-refractivity contribution in [1.82, 2.24) is 9.47 Å². The zero-order valence-electron chi connectivity index (χ0n) is 21.9. The quantitative estimate of drug-likeness (QED) is 0.189. The maximum Gasteiger partial charge on any atom is 0.411 e. The molecule has 1 saturated heterocycles. The van der Waals surface area contributed by atoms with Crippen LogP contribution >= 0.6 is 0 Å². The number of fused-ring (bicyclic) bond motifs is 1. The second kappa shape index (κ2) is 10.6. The van der Waals surface area contributed by atoms with Crippen LogP contribution in [0, 0.1) is 0 Å². The highest BCUT2D eigenvalue weighted by Crippen LogP contribution is 2.37. The zero-order chi connectivity index (χ0) is 27.6. The van der Waals surface area contributed by atoms with Crippen molar-refractivity contribution < 1.29 is 38.1 Å². The lowest BCUT2D eigenvalue weighted by molar-refractivity contribution is -0.141. The first-order valence-corrected chi connectivity index (χ1v) is 12.0. The molecule has 4 rings (SSSR count). The Morgan fingerprint density at radius 3 is 2.34 bits per heavy atom. The molecule has 0 spiro atoms. The van der Waals surface area contributed by atoms with Crippen LogP contribution in [0.3, 0.4) is 0 Å². The van der Waals surface area contributed by atoms with Crippen molar-refractivity contribution in [1.29, 1.82) is 0 Å². The molecule has 10 heteroatoms. The smallest absolute Gasteiger partial charge is 0.411 e. The van der Waals surface area contributed by atoms with E-state index in [2.05, 4.69) is 0 Å². The Morgan fingerprint density at radius 1 is 1.03 bits per heavy atom. The van der Waals surface area contributed by atoms with Gasteiger partial charge >= 0.3 is 18.0 Å². The van der Waals surface area contributed by atoms with E-state index in [0.29, 0.717) is 28.5 Å². The largest absolute Gasteiger partial charge is 0.488 e. The van der Waals surface area contributed by atoms with Gasteiger partial charge in [0.15, 0.2) is 12.3 Å². The number of ether oxygens (including phenoxy) is 4. The van der Waals surface area contributed by atoms with Crippen molar-refractivity contribution in [3.05, 3.63) is 65.4 Å². The fourth-order valence-electron chi connectivity index (χ4n) is 4.37. The Bertz CT molecular complexity index is 1370. The number of rotatable bonds is 8. The Morgan fingerprint density at radius 2 is 1.74 bits per heavy atom. The zero-order valence-corrected chi connectivity index (χ0v) is 21.9. The van der Waals surface area contributed by atoms with Gasteiger partial charge in [0.2, 0.25) is 0 Å². The molecule has 2 atom stereocenters. The van der Waals surface area contributed by atoms with Crippen LogP contribution in [0.25, 0.3) is 10.9 Å². The summed E-state index contributed by atoms with van der Waals surface area (Å²) in [5, 5.41) is 0.502. The lowest BCUT2D eigenvalue weighted by Crippen LogP contribution is -2.29. The molecule has 200 valence electrons. The van der Waals surface area contributed by atoms with Crippen LogP contribution in [-0.2, 0) is 32.2 Å². The highest BCUT2D eigenvalue weighted by Gasteiger charge is 2.58. The Hall–Kier alpha value is -4.34. The van der Waals surface area contributed by atoms with E-state index in [4.69, 9.17) is 18.9 Å². The number of benzene rings is 2. The third kappa shape index (κ3) is 5.49. The maximum atomic E-state index is 12.8. The van der Waals surface area contributed by atoms with Gasteiger partial charge in [-0.05, 0) is 38.5 Å². The van der Waals surface area contributed by atoms with Crippen LogP contribution in [0.4, 0.5) is 4.79 Å². The summed E-state index contributed by atoms with van der Waals surface area (Å²) in [7, 11) is 2.52. The number of amides is 1. The van der Waals surface area contributed by atoms with Crippen LogP contribution in [0.5, 0.6) is 5.75 Å². The van der Waals surface area contributed by atoms with E-state index in [1.54, 1.807) is 37.6 Å². The highest BCUT2D eigenvalue weighted by atomic mass is 16.6. The molecule has 2 heterocycles. The highest BCUT2D eigenvalue weighted by molar-refractivity contribution is 6.05. The van der Waals surface area contributed by atoms with E-state index in [9.17, 15) is 19.2 Å². The fraction of sp³-hybridized carbons (Fsp3) is 0.357. The van der Waals surface area contributed by atoms with Crippen LogP contribution < -0.4 is 4.74 Å². The summed E-state index contributed by atoms with van der Waals surface area (Å²) in [6, 6.07) is 11.2. The SMILES string of the molecule is COC(=O)c1cc(OCc2ccccc2)c2c(C=O)cn(C[C@H]3[C@H](C(=O)OC)N3C(=O)OC(C)(C)C)c2c1. The summed E-state index contributed by atoms with van der Waals surface area (Å²) in [4.78, 5) is 51.0. The molecule has 0 bridgehead atoms. The molecule has 0 saturated carbocycles. The van der Waals surface area contributed by atoms with E-state index in [0.717, 1.165) is 5.56 Å². The summed E-state index contributed by atoms with van der Waals surface area (Å²) in [5.41, 5.74) is 1.22. The van der Waals surface area contributed by atoms with Crippen LogP contribution in [-0.4, -0.2) is 65.7 Å². The third-order valence-corrected chi connectivity index (χ3v) is 6.12. The predicted octanol–water partition coefficient (Wildman–Crippen LogP) is 3.98. The van der Waals surface area contributed by atoms with Gasteiger partial charge in [0.1, 0.15) is 18.0 Å². The molecule has 1 aliphatic rings. The van der Waals surface area contributed by atoms with Crippen molar-refractivity contribution in [2.75, 3.05) is 14.2 Å². The van der Waals surface area contributed by atoms with Crippen molar-refractivity contribution in [3.63, 3.8) is 0 Å². The second-order valence-corrected chi connectivity index (χ2v) is 9.91. The van der Waals surface area contributed by atoms with Crippen LogP contribution in [0.2, 0.25) is 0 Å². The molecule has 2 aromatic carbocycles. The minimum Gasteiger partial charge on any atom is -0.488 e. The van der Waals surface area contributed by atoms with E-state index in [-0.39, 0.29) is 18.7 Å². The molecule has 1 aromatic heterocycles. The number of esters is 2. The number of nitrogens with zero attached hydrogens (tertiary/aromatic N) is 2. The van der Waals surface area contributed by atoms with Gasteiger partial charge in [-0.25, -0.2) is 14.4 Å². The van der Waals surface area contributed by atoms with E-state index in [1.807, 2.05) is 30.3 Å². The van der Waals surface area contributed by atoms with Gasteiger partial charge in [0.25, 0.3) is 0 Å².